The average Bonchev–Trinajstić information content (AvgIpc) is 3.18. The zero-order valence-corrected chi connectivity index (χ0v) is 15.9. The number of hydrogen-bond donors (Lipinski definition) is 0. The third-order valence-corrected chi connectivity index (χ3v) is 5.74. The van der Waals surface area contributed by atoms with Crippen LogP contribution in [0, 0.1) is 0 Å². The summed E-state index contributed by atoms with van der Waals surface area (Å²) >= 11 is 2.92. The van der Waals surface area contributed by atoms with Gasteiger partial charge in [-0.2, -0.15) is 0 Å². The van der Waals surface area contributed by atoms with Crippen molar-refractivity contribution in [2.45, 2.75) is 25.6 Å². The lowest BCUT2D eigenvalue weighted by molar-refractivity contribution is -0.137. The Labute approximate surface area is 155 Å². The lowest BCUT2D eigenvalue weighted by atomic mass is 10.2. The Bertz CT molecular complexity index is 825. The van der Waals surface area contributed by atoms with Crippen LogP contribution in [0.25, 0.3) is 5.57 Å². The summed E-state index contributed by atoms with van der Waals surface area (Å²) in [5.74, 6) is 0.213. The van der Waals surface area contributed by atoms with E-state index in [2.05, 4.69) is 0 Å². The minimum Gasteiger partial charge on any atom is -0.496 e. The van der Waals surface area contributed by atoms with Gasteiger partial charge in [0.05, 0.1) is 24.1 Å². The first-order valence-corrected chi connectivity index (χ1v) is 9.71. The number of carbonyl (C=O) groups excluding carboxylic acids is 2. The Morgan fingerprint density at radius 2 is 1.88 bits per heavy atom. The monoisotopic (exact) mass is 373 g/mol. The molecule has 4 nitrogen and oxygen atoms in total. The maximum atomic E-state index is 13.0. The predicted octanol–water partition coefficient (Wildman–Crippen LogP) is 4.18. The van der Waals surface area contributed by atoms with Gasteiger partial charge in [-0.15, -0.1) is 23.1 Å². The van der Waals surface area contributed by atoms with Crippen LogP contribution < -0.4 is 4.74 Å². The molecule has 25 heavy (non-hydrogen) atoms. The van der Waals surface area contributed by atoms with Crippen molar-refractivity contribution in [2.24, 2.45) is 0 Å². The number of hydrogen-bond acceptors (Lipinski definition) is 5. The summed E-state index contributed by atoms with van der Waals surface area (Å²) in [7, 11) is 1.59. The molecule has 0 aliphatic carbocycles. The maximum absolute atomic E-state index is 13.0. The van der Waals surface area contributed by atoms with Crippen LogP contribution in [-0.2, 0) is 16.1 Å². The molecule has 130 valence electrons. The van der Waals surface area contributed by atoms with Crippen molar-refractivity contribution in [1.82, 2.24) is 4.90 Å². The van der Waals surface area contributed by atoms with Crippen molar-refractivity contribution in [1.29, 1.82) is 0 Å². The van der Waals surface area contributed by atoms with Crippen LogP contribution >= 0.6 is 23.1 Å². The molecule has 0 spiro atoms. The highest BCUT2D eigenvalue weighted by Crippen LogP contribution is 2.40. The number of imide groups is 1. The number of thiophene rings is 1. The number of methoxy groups -OCH3 is 1. The van der Waals surface area contributed by atoms with Gasteiger partial charge in [-0.05, 0) is 17.5 Å². The normalized spacial score (nSPS) is 14.8. The molecule has 2 amide bonds. The second kappa shape index (κ2) is 7.45. The third-order valence-electron chi connectivity index (χ3n) is 3.77. The molecular weight excluding hydrogens is 354 g/mol. The summed E-state index contributed by atoms with van der Waals surface area (Å²) in [6.07, 6.45) is 0. The number of amides is 2. The van der Waals surface area contributed by atoms with Gasteiger partial charge >= 0.3 is 0 Å². The van der Waals surface area contributed by atoms with Crippen molar-refractivity contribution < 1.29 is 14.3 Å². The van der Waals surface area contributed by atoms with Crippen LogP contribution in [0.2, 0.25) is 0 Å². The van der Waals surface area contributed by atoms with E-state index >= 15 is 0 Å². The van der Waals surface area contributed by atoms with Crippen molar-refractivity contribution in [3.63, 3.8) is 0 Å². The Kier molecular flexibility index (Phi) is 5.30. The standard InChI is InChI=1S/C19H19NO3S2/c1-12(2)25-17-16(15-9-6-10-24-15)18(21)20(19(17)22)11-13-7-4-5-8-14(13)23-3/h4-10,12H,11H2,1-3H3. The number of nitrogens with zero attached hydrogens (tertiary/aromatic N) is 1. The van der Waals surface area contributed by atoms with Crippen LogP contribution in [0.3, 0.4) is 0 Å². The molecule has 0 saturated heterocycles. The Hall–Kier alpha value is -2.05. The lowest BCUT2D eigenvalue weighted by Crippen LogP contribution is -2.31. The maximum Gasteiger partial charge on any atom is 0.268 e. The van der Waals surface area contributed by atoms with E-state index in [4.69, 9.17) is 4.74 Å². The van der Waals surface area contributed by atoms with Crippen molar-refractivity contribution in [3.05, 3.63) is 57.1 Å². The summed E-state index contributed by atoms with van der Waals surface area (Å²) in [5.41, 5.74) is 1.33. The molecule has 1 aromatic carbocycles. The van der Waals surface area contributed by atoms with Crippen molar-refractivity contribution in [2.75, 3.05) is 7.11 Å². The number of ether oxygens (including phenoxy) is 1. The van der Waals surface area contributed by atoms with E-state index in [1.165, 1.54) is 28.0 Å². The quantitative estimate of drug-likeness (QED) is 0.713. The fourth-order valence-corrected chi connectivity index (χ4v) is 4.51. The van der Waals surface area contributed by atoms with Gasteiger partial charge in [-0.3, -0.25) is 14.5 Å². The lowest BCUT2D eigenvalue weighted by Gasteiger charge is -2.17. The van der Waals surface area contributed by atoms with Gasteiger partial charge in [0.15, 0.2) is 0 Å². The van der Waals surface area contributed by atoms with Crippen LogP contribution in [0.5, 0.6) is 5.75 Å². The molecule has 3 rings (SSSR count). The van der Waals surface area contributed by atoms with Gasteiger partial charge in [0.2, 0.25) is 0 Å². The number of para-hydroxylation sites is 1. The van der Waals surface area contributed by atoms with Crippen LogP contribution in [-0.4, -0.2) is 29.1 Å². The molecule has 0 unspecified atom stereocenters. The minimum absolute atomic E-state index is 0.207. The molecule has 6 heteroatoms. The Morgan fingerprint density at radius 3 is 2.52 bits per heavy atom. The third kappa shape index (κ3) is 3.50. The van der Waals surface area contributed by atoms with E-state index in [1.54, 1.807) is 7.11 Å². The summed E-state index contributed by atoms with van der Waals surface area (Å²) in [6, 6.07) is 11.2. The van der Waals surface area contributed by atoms with Gasteiger partial charge in [0.25, 0.3) is 11.8 Å². The average molecular weight is 373 g/mol. The number of thioether (sulfide) groups is 1. The molecule has 2 heterocycles. The van der Waals surface area contributed by atoms with Gasteiger partial charge in [0, 0.05) is 15.7 Å². The highest BCUT2D eigenvalue weighted by atomic mass is 32.2. The van der Waals surface area contributed by atoms with Crippen molar-refractivity contribution in [3.8, 4) is 5.75 Å². The van der Waals surface area contributed by atoms with E-state index in [1.807, 2.05) is 55.6 Å². The molecule has 0 atom stereocenters. The molecule has 0 N–H and O–H groups in total. The molecule has 1 aromatic heterocycles. The first-order chi connectivity index (χ1) is 12.0. The smallest absolute Gasteiger partial charge is 0.268 e. The summed E-state index contributed by atoms with van der Waals surface area (Å²) in [4.78, 5) is 28.7. The van der Waals surface area contributed by atoms with Crippen LogP contribution in [0.1, 0.15) is 24.3 Å². The molecule has 1 aliphatic heterocycles. The Balaban J connectivity index is 1.97. The second-order valence-corrected chi connectivity index (χ2v) is 8.39. The van der Waals surface area contributed by atoms with Gasteiger partial charge in [-0.1, -0.05) is 38.1 Å². The molecule has 0 saturated carbocycles. The van der Waals surface area contributed by atoms with Crippen LogP contribution in [0.15, 0.2) is 46.7 Å². The summed E-state index contributed by atoms with van der Waals surface area (Å²) < 4.78 is 5.35. The Morgan fingerprint density at radius 1 is 1.12 bits per heavy atom. The molecule has 0 bridgehead atoms. The minimum atomic E-state index is -0.235. The summed E-state index contributed by atoms with van der Waals surface area (Å²) in [5, 5.41) is 2.13. The van der Waals surface area contributed by atoms with Crippen molar-refractivity contribution >= 4 is 40.5 Å². The molecule has 1 aliphatic rings. The zero-order chi connectivity index (χ0) is 18.0. The SMILES string of the molecule is COc1ccccc1CN1C(=O)C(SC(C)C)=C(c2cccs2)C1=O. The van der Waals surface area contributed by atoms with E-state index < -0.39 is 0 Å². The number of rotatable bonds is 6. The van der Waals surface area contributed by atoms with Gasteiger partial charge < -0.3 is 4.74 Å². The van der Waals surface area contributed by atoms with Gasteiger partial charge in [0.1, 0.15) is 5.75 Å². The van der Waals surface area contributed by atoms with E-state index in [0.29, 0.717) is 16.2 Å². The highest BCUT2D eigenvalue weighted by molar-refractivity contribution is 8.04. The first-order valence-electron chi connectivity index (χ1n) is 7.95. The largest absolute Gasteiger partial charge is 0.496 e. The molecule has 0 fully saturated rings. The van der Waals surface area contributed by atoms with Gasteiger partial charge in [-0.25, -0.2) is 0 Å². The van der Waals surface area contributed by atoms with E-state index in [0.717, 1.165) is 10.4 Å². The highest BCUT2D eigenvalue weighted by Gasteiger charge is 2.40. The topological polar surface area (TPSA) is 46.6 Å². The fourth-order valence-electron chi connectivity index (χ4n) is 2.68. The van der Waals surface area contributed by atoms with E-state index in [-0.39, 0.29) is 23.6 Å². The van der Waals surface area contributed by atoms with Crippen LogP contribution in [0.4, 0.5) is 0 Å². The number of carbonyl (C=O) groups is 2. The zero-order valence-electron chi connectivity index (χ0n) is 14.3. The fraction of sp³-hybridized carbons (Fsp3) is 0.263. The predicted molar refractivity (Wildman–Crippen MR) is 103 cm³/mol. The molecule has 0 radical (unpaired) electrons. The first kappa shape index (κ1) is 17.8. The number of benzene rings is 1. The molecular formula is C19H19NO3S2. The second-order valence-electron chi connectivity index (χ2n) is 5.86. The summed E-state index contributed by atoms with van der Waals surface area (Å²) in [6.45, 7) is 4.24. The van der Waals surface area contributed by atoms with E-state index in [9.17, 15) is 9.59 Å². The molecule has 2 aromatic rings.